The molecule has 0 aliphatic carbocycles. The van der Waals surface area contributed by atoms with Gasteiger partial charge in [-0.15, -0.1) is 0 Å². The summed E-state index contributed by atoms with van der Waals surface area (Å²) in [4.78, 5) is 24.8. The van der Waals surface area contributed by atoms with Gasteiger partial charge in [-0.25, -0.2) is 4.79 Å². The van der Waals surface area contributed by atoms with Crippen LogP contribution in [0.3, 0.4) is 0 Å². The minimum absolute atomic E-state index is 0.000113. The van der Waals surface area contributed by atoms with Gasteiger partial charge in [0.25, 0.3) is 5.91 Å². The van der Waals surface area contributed by atoms with Crippen molar-refractivity contribution in [2.24, 2.45) is 0 Å². The number of carbonyl (C=O) groups is 2. The lowest BCUT2D eigenvalue weighted by atomic mass is 9.89. The monoisotopic (exact) mass is 363 g/mol. The molecule has 0 bridgehead atoms. The first-order chi connectivity index (χ1) is 12.2. The van der Waals surface area contributed by atoms with E-state index < -0.39 is 29.7 Å². The smallest absolute Gasteiger partial charge is 0.412 e. The molecule has 3 rings (SSSR count). The van der Waals surface area contributed by atoms with Crippen LogP contribution < -0.4 is 5.32 Å². The topological polar surface area (TPSA) is 55.4 Å². The summed E-state index contributed by atoms with van der Waals surface area (Å²) < 4.78 is 45.5. The summed E-state index contributed by atoms with van der Waals surface area (Å²) in [6, 6.07) is 11.4. The molecule has 1 heterocycles. The highest BCUT2D eigenvalue weighted by Crippen LogP contribution is 2.34. The Balaban J connectivity index is 1.87. The van der Waals surface area contributed by atoms with Gasteiger partial charge in [-0.3, -0.25) is 4.79 Å². The van der Waals surface area contributed by atoms with Gasteiger partial charge in [0.15, 0.2) is 11.6 Å². The number of halogens is 3. The molecule has 0 spiro atoms. The molecule has 1 aliphatic heterocycles. The number of rotatable bonds is 3. The Morgan fingerprint density at radius 3 is 2.38 bits per heavy atom. The van der Waals surface area contributed by atoms with E-state index >= 15 is 0 Å². The van der Waals surface area contributed by atoms with E-state index in [0.29, 0.717) is 11.1 Å². The minimum Gasteiger partial charge on any atom is -0.445 e. The van der Waals surface area contributed by atoms with Gasteiger partial charge < -0.3 is 10.1 Å². The van der Waals surface area contributed by atoms with E-state index in [1.165, 1.54) is 31.2 Å². The molecule has 0 saturated heterocycles. The molecule has 0 saturated carbocycles. The van der Waals surface area contributed by atoms with Crippen LogP contribution in [0.2, 0.25) is 0 Å². The van der Waals surface area contributed by atoms with E-state index in [2.05, 4.69) is 0 Å². The van der Waals surface area contributed by atoms with Crippen LogP contribution in [-0.4, -0.2) is 23.7 Å². The van der Waals surface area contributed by atoms with Crippen LogP contribution >= 0.6 is 0 Å². The molecule has 4 nitrogen and oxygen atoms in total. The molecule has 26 heavy (non-hydrogen) atoms. The van der Waals surface area contributed by atoms with Crippen LogP contribution in [0.4, 0.5) is 13.2 Å². The van der Waals surface area contributed by atoms with Crippen molar-refractivity contribution >= 4 is 11.9 Å². The van der Waals surface area contributed by atoms with Crippen LogP contribution in [0.25, 0.3) is 0 Å². The molecular weight excluding hydrogens is 347 g/mol. The van der Waals surface area contributed by atoms with Crippen molar-refractivity contribution in [3.8, 4) is 0 Å². The van der Waals surface area contributed by atoms with Gasteiger partial charge in [0.2, 0.25) is 0 Å². The van der Waals surface area contributed by atoms with Gasteiger partial charge in [0.1, 0.15) is 0 Å². The summed E-state index contributed by atoms with van der Waals surface area (Å²) in [5.41, 5.74) is -0.943. The standard InChI is InChI=1S/C19H16F3NO3/c1-18(11-13-9-5-6-10-14(13)16(24)26-18)17(25)23-15(19(20,21)22)12-7-3-2-4-8-12/h2-10,15H,11H2,1H3,(H,23,25)/t15-,18+/m0/s1. The summed E-state index contributed by atoms with van der Waals surface area (Å²) in [5.74, 6) is -1.72. The van der Waals surface area contributed by atoms with Crippen LogP contribution in [-0.2, 0) is 16.0 Å². The van der Waals surface area contributed by atoms with Crippen molar-refractivity contribution < 1.29 is 27.5 Å². The Labute approximate surface area is 148 Å². The Kier molecular flexibility index (Phi) is 4.48. The van der Waals surface area contributed by atoms with Gasteiger partial charge in [-0.1, -0.05) is 48.5 Å². The summed E-state index contributed by atoms with van der Waals surface area (Å²) in [5, 5.41) is 1.99. The van der Waals surface area contributed by atoms with Gasteiger partial charge in [0, 0.05) is 6.42 Å². The highest BCUT2D eigenvalue weighted by atomic mass is 19.4. The second-order valence-corrected chi connectivity index (χ2v) is 6.31. The predicted octanol–water partition coefficient (Wildman–Crippen LogP) is 3.58. The van der Waals surface area contributed by atoms with E-state index in [1.807, 2.05) is 5.32 Å². The molecule has 0 aromatic heterocycles. The third-order valence-corrected chi connectivity index (χ3v) is 4.30. The van der Waals surface area contributed by atoms with E-state index in [-0.39, 0.29) is 12.0 Å². The zero-order valence-corrected chi connectivity index (χ0v) is 13.8. The molecular formula is C19H16F3NO3. The Hall–Kier alpha value is -2.83. The third kappa shape index (κ3) is 3.42. The van der Waals surface area contributed by atoms with E-state index in [9.17, 15) is 22.8 Å². The Morgan fingerprint density at radius 1 is 1.12 bits per heavy atom. The summed E-state index contributed by atoms with van der Waals surface area (Å²) in [7, 11) is 0. The predicted molar refractivity (Wildman–Crippen MR) is 87.3 cm³/mol. The number of benzene rings is 2. The van der Waals surface area contributed by atoms with E-state index in [1.54, 1.807) is 30.3 Å². The van der Waals surface area contributed by atoms with E-state index in [0.717, 1.165) is 0 Å². The normalized spacial score (nSPS) is 20.7. The zero-order chi connectivity index (χ0) is 18.9. The van der Waals surface area contributed by atoms with Gasteiger partial charge in [0.05, 0.1) is 5.56 Å². The maximum absolute atomic E-state index is 13.5. The van der Waals surface area contributed by atoms with Crippen LogP contribution in [0.5, 0.6) is 0 Å². The lowest BCUT2D eigenvalue weighted by molar-refractivity contribution is -0.169. The number of nitrogens with one attached hydrogen (secondary N) is 1. The van der Waals surface area contributed by atoms with Gasteiger partial charge in [-0.2, -0.15) is 13.2 Å². The SMILES string of the molecule is C[C@]1(C(=O)N[C@@H](c2ccccc2)C(F)(F)F)Cc2ccccc2C(=O)O1. The first-order valence-electron chi connectivity index (χ1n) is 7.94. The van der Waals surface area contributed by atoms with Crippen molar-refractivity contribution in [2.45, 2.75) is 31.2 Å². The lowest BCUT2D eigenvalue weighted by Crippen LogP contribution is -2.54. The number of esters is 1. The molecule has 1 aliphatic rings. The second-order valence-electron chi connectivity index (χ2n) is 6.31. The Bertz CT molecular complexity index is 835. The first-order valence-corrected chi connectivity index (χ1v) is 7.94. The number of carbonyl (C=O) groups excluding carboxylic acids is 2. The number of cyclic esters (lactones) is 1. The quantitative estimate of drug-likeness (QED) is 0.848. The van der Waals surface area contributed by atoms with Crippen LogP contribution in [0.1, 0.15) is 34.5 Å². The largest absolute Gasteiger partial charge is 0.445 e. The lowest BCUT2D eigenvalue weighted by Gasteiger charge is -2.34. The zero-order valence-electron chi connectivity index (χ0n) is 13.8. The molecule has 1 N–H and O–H groups in total. The Morgan fingerprint density at radius 2 is 1.73 bits per heavy atom. The molecule has 7 heteroatoms. The molecule has 0 fully saturated rings. The highest BCUT2D eigenvalue weighted by molar-refractivity contribution is 5.97. The number of ether oxygens (including phenoxy) is 1. The van der Waals surface area contributed by atoms with Crippen LogP contribution in [0.15, 0.2) is 54.6 Å². The number of hydrogen-bond donors (Lipinski definition) is 1. The summed E-state index contributed by atoms with van der Waals surface area (Å²) in [6.07, 6.45) is -4.69. The molecule has 2 aromatic rings. The van der Waals surface area contributed by atoms with Crippen LogP contribution in [0, 0.1) is 0 Å². The number of amides is 1. The maximum Gasteiger partial charge on any atom is 0.412 e. The fraction of sp³-hybridized carbons (Fsp3) is 0.263. The van der Waals surface area contributed by atoms with Crippen molar-refractivity contribution in [1.82, 2.24) is 5.32 Å². The second kappa shape index (κ2) is 6.48. The number of fused-ring (bicyclic) bond motifs is 1. The van der Waals surface area contributed by atoms with Crippen molar-refractivity contribution in [1.29, 1.82) is 0 Å². The fourth-order valence-electron chi connectivity index (χ4n) is 2.94. The maximum atomic E-state index is 13.5. The highest BCUT2D eigenvalue weighted by Gasteiger charge is 2.48. The average molecular weight is 363 g/mol. The number of hydrogen-bond acceptors (Lipinski definition) is 3. The molecule has 136 valence electrons. The molecule has 2 atom stereocenters. The van der Waals surface area contributed by atoms with Crippen molar-refractivity contribution in [2.75, 3.05) is 0 Å². The average Bonchev–Trinajstić information content (AvgIpc) is 2.59. The molecule has 0 unspecified atom stereocenters. The molecule has 0 radical (unpaired) electrons. The van der Waals surface area contributed by atoms with Crippen molar-refractivity contribution in [3.05, 3.63) is 71.3 Å². The summed E-state index contributed by atoms with van der Waals surface area (Å²) in [6.45, 7) is 1.31. The molecule has 2 aromatic carbocycles. The summed E-state index contributed by atoms with van der Waals surface area (Å²) >= 11 is 0. The van der Waals surface area contributed by atoms with Crippen molar-refractivity contribution in [3.63, 3.8) is 0 Å². The van der Waals surface area contributed by atoms with Gasteiger partial charge in [-0.05, 0) is 24.1 Å². The minimum atomic E-state index is -4.69. The third-order valence-electron chi connectivity index (χ3n) is 4.30. The molecule has 1 amide bonds. The first kappa shape index (κ1) is 18.0. The number of alkyl halides is 3. The fourth-order valence-corrected chi connectivity index (χ4v) is 2.94. The van der Waals surface area contributed by atoms with E-state index in [4.69, 9.17) is 4.74 Å². The van der Waals surface area contributed by atoms with Gasteiger partial charge >= 0.3 is 12.1 Å².